The summed E-state index contributed by atoms with van der Waals surface area (Å²) in [6, 6.07) is 0. The fourth-order valence-electron chi connectivity index (χ4n) is 3.07. The van der Waals surface area contributed by atoms with Gasteiger partial charge in [0.25, 0.3) is 5.91 Å². The topological polar surface area (TPSA) is 72.2 Å². The van der Waals surface area contributed by atoms with E-state index in [4.69, 9.17) is 5.73 Å². The van der Waals surface area contributed by atoms with Gasteiger partial charge in [0.15, 0.2) is 0 Å². The van der Waals surface area contributed by atoms with Gasteiger partial charge in [-0.15, -0.1) is 11.3 Å². The Hall–Kier alpha value is -1.36. The van der Waals surface area contributed by atoms with Crippen LogP contribution in [-0.4, -0.2) is 11.8 Å². The van der Waals surface area contributed by atoms with Crippen molar-refractivity contribution in [2.24, 2.45) is 11.7 Å². The molecule has 0 aromatic carbocycles. The molecular weight excluding hydrogens is 284 g/mol. The lowest BCUT2D eigenvalue weighted by atomic mass is 9.84. The number of fused-ring (bicyclic) bond motifs is 1. The summed E-state index contributed by atoms with van der Waals surface area (Å²) in [7, 11) is 0. The SMILES string of the molecule is CCCC(=O)Nc1sc2c(c1C(N)=O)CCC(CCC)C2. The number of nitrogens with two attached hydrogens (primary N) is 1. The molecule has 1 aliphatic carbocycles. The molecular formula is C16H24N2O2S. The van der Waals surface area contributed by atoms with Gasteiger partial charge in [0.05, 0.1) is 5.56 Å². The van der Waals surface area contributed by atoms with Crippen LogP contribution in [0.15, 0.2) is 0 Å². The number of carbonyl (C=O) groups excluding carboxylic acids is 2. The van der Waals surface area contributed by atoms with Crippen LogP contribution in [0.5, 0.6) is 0 Å². The Morgan fingerprint density at radius 1 is 1.33 bits per heavy atom. The van der Waals surface area contributed by atoms with Crippen LogP contribution >= 0.6 is 11.3 Å². The lowest BCUT2D eigenvalue weighted by Crippen LogP contribution is -2.19. The van der Waals surface area contributed by atoms with Gasteiger partial charge in [-0.05, 0) is 37.2 Å². The zero-order valence-corrected chi connectivity index (χ0v) is 13.6. The van der Waals surface area contributed by atoms with Gasteiger partial charge in [0, 0.05) is 11.3 Å². The summed E-state index contributed by atoms with van der Waals surface area (Å²) in [4.78, 5) is 24.8. The molecule has 1 heterocycles. The Balaban J connectivity index is 2.26. The number of thiophene rings is 1. The molecule has 21 heavy (non-hydrogen) atoms. The average molecular weight is 308 g/mol. The number of primary amides is 1. The number of hydrogen-bond acceptors (Lipinski definition) is 3. The fraction of sp³-hybridized carbons (Fsp3) is 0.625. The van der Waals surface area contributed by atoms with Crippen molar-refractivity contribution in [1.82, 2.24) is 0 Å². The highest BCUT2D eigenvalue weighted by molar-refractivity contribution is 7.17. The van der Waals surface area contributed by atoms with Gasteiger partial charge in [-0.25, -0.2) is 0 Å². The second-order valence-electron chi connectivity index (χ2n) is 5.77. The van der Waals surface area contributed by atoms with Gasteiger partial charge in [-0.3, -0.25) is 9.59 Å². The van der Waals surface area contributed by atoms with Crippen molar-refractivity contribution in [2.45, 2.75) is 58.8 Å². The fourth-order valence-corrected chi connectivity index (χ4v) is 4.46. The van der Waals surface area contributed by atoms with Gasteiger partial charge in [-0.2, -0.15) is 0 Å². The van der Waals surface area contributed by atoms with E-state index in [1.54, 1.807) is 11.3 Å². The van der Waals surface area contributed by atoms with E-state index in [0.717, 1.165) is 31.2 Å². The molecule has 0 aliphatic heterocycles. The minimum absolute atomic E-state index is 0.0382. The molecule has 0 bridgehead atoms. The van der Waals surface area contributed by atoms with Crippen LogP contribution in [0.1, 0.15) is 66.8 Å². The Morgan fingerprint density at radius 3 is 2.71 bits per heavy atom. The second kappa shape index (κ2) is 7.07. The van der Waals surface area contributed by atoms with Crippen molar-refractivity contribution in [3.05, 3.63) is 16.0 Å². The van der Waals surface area contributed by atoms with E-state index in [9.17, 15) is 9.59 Å². The third kappa shape index (κ3) is 3.64. The minimum Gasteiger partial charge on any atom is -0.365 e. The maximum absolute atomic E-state index is 11.8. The van der Waals surface area contributed by atoms with Crippen LogP contribution in [0.4, 0.5) is 5.00 Å². The summed E-state index contributed by atoms with van der Waals surface area (Å²) in [5.41, 5.74) is 7.17. The number of rotatable bonds is 6. The van der Waals surface area contributed by atoms with Crippen molar-refractivity contribution in [1.29, 1.82) is 0 Å². The molecule has 1 atom stereocenters. The molecule has 1 unspecified atom stereocenters. The molecule has 2 rings (SSSR count). The predicted octanol–water partition coefficient (Wildman–Crippen LogP) is 3.49. The second-order valence-corrected chi connectivity index (χ2v) is 6.87. The monoisotopic (exact) mass is 308 g/mol. The summed E-state index contributed by atoms with van der Waals surface area (Å²) in [5, 5.41) is 3.53. The third-order valence-electron chi connectivity index (χ3n) is 4.04. The van der Waals surface area contributed by atoms with Gasteiger partial charge in [0.2, 0.25) is 5.91 Å². The first kappa shape index (κ1) is 16.0. The first-order valence-corrected chi connectivity index (χ1v) is 8.62. The minimum atomic E-state index is -0.423. The number of hydrogen-bond donors (Lipinski definition) is 2. The first-order chi connectivity index (χ1) is 10.1. The number of carbonyl (C=O) groups is 2. The standard InChI is InChI=1S/C16H24N2O2S/c1-3-5-10-7-8-11-12(9-10)21-16(14(11)15(17)20)18-13(19)6-4-2/h10H,3-9H2,1-2H3,(H2,17,20)(H,18,19). The summed E-state index contributed by atoms with van der Waals surface area (Å²) in [6.07, 6.45) is 6.70. The molecule has 0 radical (unpaired) electrons. The Kier molecular flexibility index (Phi) is 5.39. The summed E-state index contributed by atoms with van der Waals surface area (Å²) >= 11 is 1.54. The summed E-state index contributed by atoms with van der Waals surface area (Å²) in [6.45, 7) is 4.17. The van der Waals surface area contributed by atoms with Crippen LogP contribution in [0.3, 0.4) is 0 Å². The smallest absolute Gasteiger partial charge is 0.251 e. The quantitative estimate of drug-likeness (QED) is 0.844. The molecule has 2 amide bonds. The zero-order valence-electron chi connectivity index (χ0n) is 12.8. The van der Waals surface area contributed by atoms with Gasteiger partial charge in [0.1, 0.15) is 5.00 Å². The maximum Gasteiger partial charge on any atom is 0.251 e. The van der Waals surface area contributed by atoms with Crippen molar-refractivity contribution < 1.29 is 9.59 Å². The van der Waals surface area contributed by atoms with Gasteiger partial charge in [-0.1, -0.05) is 26.7 Å². The largest absolute Gasteiger partial charge is 0.365 e. The van der Waals surface area contributed by atoms with Gasteiger partial charge >= 0.3 is 0 Å². The lowest BCUT2D eigenvalue weighted by Gasteiger charge is -2.21. The normalized spacial score (nSPS) is 17.3. The third-order valence-corrected chi connectivity index (χ3v) is 5.21. The summed E-state index contributed by atoms with van der Waals surface area (Å²) < 4.78 is 0. The highest BCUT2D eigenvalue weighted by atomic mass is 32.1. The summed E-state index contributed by atoms with van der Waals surface area (Å²) in [5.74, 6) is 0.234. The molecule has 1 aromatic heterocycles. The van der Waals surface area contributed by atoms with E-state index in [0.29, 0.717) is 22.9 Å². The van der Waals surface area contributed by atoms with Crippen molar-refractivity contribution >= 4 is 28.2 Å². The maximum atomic E-state index is 11.8. The number of amides is 2. The molecule has 5 heteroatoms. The van der Waals surface area contributed by atoms with E-state index in [2.05, 4.69) is 12.2 Å². The molecule has 4 nitrogen and oxygen atoms in total. The molecule has 1 aliphatic rings. The molecule has 0 saturated carbocycles. The zero-order chi connectivity index (χ0) is 15.4. The van der Waals surface area contributed by atoms with Gasteiger partial charge < -0.3 is 11.1 Å². The molecule has 1 aromatic rings. The number of anilines is 1. The van der Waals surface area contributed by atoms with Crippen molar-refractivity contribution in [3.8, 4) is 0 Å². The molecule has 3 N–H and O–H groups in total. The van der Waals surface area contributed by atoms with Crippen LogP contribution in [0, 0.1) is 5.92 Å². The van der Waals surface area contributed by atoms with Crippen molar-refractivity contribution in [3.63, 3.8) is 0 Å². The van der Waals surface area contributed by atoms with Crippen LogP contribution < -0.4 is 11.1 Å². The molecule has 0 fully saturated rings. The predicted molar refractivity (Wildman–Crippen MR) is 86.8 cm³/mol. The molecule has 0 saturated heterocycles. The van der Waals surface area contributed by atoms with E-state index < -0.39 is 5.91 Å². The molecule has 0 spiro atoms. The molecule has 116 valence electrons. The Labute approximate surface area is 130 Å². The van der Waals surface area contributed by atoms with Crippen molar-refractivity contribution in [2.75, 3.05) is 5.32 Å². The Morgan fingerprint density at radius 2 is 2.10 bits per heavy atom. The average Bonchev–Trinajstić information content (AvgIpc) is 2.76. The van der Waals surface area contributed by atoms with Crippen LogP contribution in [0.2, 0.25) is 0 Å². The highest BCUT2D eigenvalue weighted by Gasteiger charge is 2.28. The van der Waals surface area contributed by atoms with E-state index in [1.807, 2.05) is 6.92 Å². The van der Waals surface area contributed by atoms with Crippen LogP contribution in [0.25, 0.3) is 0 Å². The Bertz CT molecular complexity index is 537. The highest BCUT2D eigenvalue weighted by Crippen LogP contribution is 2.40. The van der Waals surface area contributed by atoms with E-state index >= 15 is 0 Å². The van der Waals surface area contributed by atoms with E-state index in [1.165, 1.54) is 17.7 Å². The lowest BCUT2D eigenvalue weighted by molar-refractivity contribution is -0.116. The van der Waals surface area contributed by atoms with Crippen LogP contribution in [-0.2, 0) is 17.6 Å². The first-order valence-electron chi connectivity index (χ1n) is 7.80. The van der Waals surface area contributed by atoms with E-state index in [-0.39, 0.29) is 5.91 Å². The number of nitrogens with one attached hydrogen (secondary N) is 1.